The van der Waals surface area contributed by atoms with Crippen LogP contribution in [0.4, 0.5) is 4.79 Å². The smallest absolute Gasteiger partial charge is 0.404 e. The van der Waals surface area contributed by atoms with E-state index in [1.165, 1.54) is 6.92 Å². The van der Waals surface area contributed by atoms with Crippen LogP contribution in [0.2, 0.25) is 0 Å². The van der Waals surface area contributed by atoms with Gasteiger partial charge in [0, 0.05) is 0 Å². The van der Waals surface area contributed by atoms with Gasteiger partial charge in [0.15, 0.2) is 6.10 Å². The zero-order chi connectivity index (χ0) is 11.6. The Morgan fingerprint density at radius 1 is 1.47 bits per heavy atom. The molecule has 1 aliphatic rings. The number of aliphatic hydroxyl groups excluding tert-OH is 3. The third kappa shape index (κ3) is 2.57. The molecule has 1 aliphatic heterocycles. The lowest BCUT2D eigenvalue weighted by molar-refractivity contribution is -0.223. The molecule has 0 aromatic heterocycles. The molecule has 88 valence electrons. The molecule has 1 fully saturated rings. The van der Waals surface area contributed by atoms with Gasteiger partial charge in [-0.25, -0.2) is 4.79 Å². The summed E-state index contributed by atoms with van der Waals surface area (Å²) in [7, 11) is 0. The Morgan fingerprint density at radius 3 is 2.53 bits per heavy atom. The highest BCUT2D eigenvalue weighted by Gasteiger charge is 2.44. The van der Waals surface area contributed by atoms with Crippen molar-refractivity contribution in [2.75, 3.05) is 6.61 Å². The number of primary amides is 1. The highest BCUT2D eigenvalue weighted by atomic mass is 16.6. The molecule has 0 bridgehead atoms. The Hall–Kier alpha value is -0.890. The van der Waals surface area contributed by atoms with Crippen LogP contribution in [-0.4, -0.2) is 58.5 Å². The summed E-state index contributed by atoms with van der Waals surface area (Å²) in [5.41, 5.74) is 4.79. The van der Waals surface area contributed by atoms with E-state index in [1.54, 1.807) is 0 Å². The third-order valence-corrected chi connectivity index (χ3v) is 2.36. The molecule has 0 aromatic rings. The van der Waals surface area contributed by atoms with Gasteiger partial charge in [-0.2, -0.15) is 0 Å². The molecule has 0 radical (unpaired) electrons. The van der Waals surface area contributed by atoms with Gasteiger partial charge in [0.25, 0.3) is 0 Å². The van der Waals surface area contributed by atoms with Gasteiger partial charge in [-0.15, -0.1) is 0 Å². The highest BCUT2D eigenvalue weighted by molar-refractivity contribution is 5.65. The maximum Gasteiger partial charge on any atom is 0.404 e. The minimum atomic E-state index is -1.30. The fraction of sp³-hybridized carbons (Fsp3) is 0.875. The van der Waals surface area contributed by atoms with Gasteiger partial charge in [0.05, 0.1) is 12.7 Å². The first-order valence-corrected chi connectivity index (χ1v) is 4.56. The molecule has 1 amide bonds. The van der Waals surface area contributed by atoms with Crippen molar-refractivity contribution in [1.82, 2.24) is 0 Å². The molecule has 1 heterocycles. The van der Waals surface area contributed by atoms with Crippen molar-refractivity contribution < 1.29 is 29.6 Å². The van der Waals surface area contributed by atoms with Crippen LogP contribution < -0.4 is 5.73 Å². The fourth-order valence-electron chi connectivity index (χ4n) is 1.54. The van der Waals surface area contributed by atoms with Gasteiger partial charge in [0.1, 0.15) is 18.3 Å². The van der Waals surface area contributed by atoms with Crippen LogP contribution >= 0.6 is 0 Å². The lowest BCUT2D eigenvalue weighted by Crippen LogP contribution is -2.59. The van der Waals surface area contributed by atoms with E-state index in [4.69, 9.17) is 15.6 Å². The predicted octanol–water partition coefficient (Wildman–Crippen LogP) is -2.05. The van der Waals surface area contributed by atoms with Crippen LogP contribution in [0.25, 0.3) is 0 Å². The van der Waals surface area contributed by atoms with Crippen LogP contribution in [0.1, 0.15) is 6.92 Å². The van der Waals surface area contributed by atoms with E-state index < -0.39 is 43.2 Å². The quantitative estimate of drug-likeness (QED) is 0.426. The Labute approximate surface area is 86.4 Å². The summed E-state index contributed by atoms with van der Waals surface area (Å²) in [6.07, 6.45) is -6.29. The van der Waals surface area contributed by atoms with E-state index in [1.807, 2.05) is 0 Å². The molecule has 1 saturated heterocycles. The Morgan fingerprint density at radius 2 is 2.07 bits per heavy atom. The molecule has 5 atom stereocenters. The minimum Gasteiger partial charge on any atom is -0.441 e. The van der Waals surface area contributed by atoms with Gasteiger partial charge < -0.3 is 30.5 Å². The number of carbonyl (C=O) groups is 1. The largest absolute Gasteiger partial charge is 0.441 e. The summed E-state index contributed by atoms with van der Waals surface area (Å²) in [4.78, 5) is 10.5. The zero-order valence-corrected chi connectivity index (χ0v) is 8.24. The SMILES string of the molecule is C[C@H]1OC(CO)[C@@H](O)C(OC(N)=O)C1O. The van der Waals surface area contributed by atoms with Crippen LogP contribution in [0, 0.1) is 0 Å². The topological polar surface area (TPSA) is 122 Å². The first-order chi connectivity index (χ1) is 6.97. The van der Waals surface area contributed by atoms with Gasteiger partial charge in [-0.3, -0.25) is 0 Å². The number of nitrogens with two attached hydrogens (primary N) is 1. The second-order valence-electron chi connectivity index (χ2n) is 3.44. The number of aliphatic hydroxyl groups is 3. The van der Waals surface area contributed by atoms with E-state index in [0.29, 0.717) is 0 Å². The number of ether oxygens (including phenoxy) is 2. The summed E-state index contributed by atoms with van der Waals surface area (Å²) in [5.74, 6) is 0. The molecule has 7 nitrogen and oxygen atoms in total. The summed E-state index contributed by atoms with van der Waals surface area (Å²) in [6.45, 7) is 1.10. The predicted molar refractivity (Wildman–Crippen MR) is 47.9 cm³/mol. The van der Waals surface area contributed by atoms with E-state index in [-0.39, 0.29) is 0 Å². The minimum absolute atomic E-state index is 0.434. The van der Waals surface area contributed by atoms with E-state index in [2.05, 4.69) is 4.74 Å². The maximum absolute atomic E-state index is 10.5. The molecule has 5 N–H and O–H groups in total. The second kappa shape index (κ2) is 4.75. The normalized spacial score (nSPS) is 41.2. The third-order valence-electron chi connectivity index (χ3n) is 2.36. The Balaban J connectivity index is 2.74. The van der Waals surface area contributed by atoms with Crippen molar-refractivity contribution >= 4 is 6.09 Å². The molecular formula is C8H15NO6. The Bertz CT molecular complexity index is 235. The van der Waals surface area contributed by atoms with E-state index in [9.17, 15) is 15.0 Å². The number of hydrogen-bond acceptors (Lipinski definition) is 6. The summed E-state index contributed by atoms with van der Waals surface area (Å²) in [5, 5.41) is 28.0. The monoisotopic (exact) mass is 221 g/mol. The number of hydrogen-bond donors (Lipinski definition) is 4. The van der Waals surface area contributed by atoms with Crippen molar-refractivity contribution in [3.63, 3.8) is 0 Å². The summed E-state index contributed by atoms with van der Waals surface area (Å²) < 4.78 is 9.66. The molecule has 3 unspecified atom stereocenters. The number of amides is 1. The maximum atomic E-state index is 10.5. The molecule has 1 rings (SSSR count). The lowest BCUT2D eigenvalue weighted by atomic mass is 9.96. The van der Waals surface area contributed by atoms with Gasteiger partial charge in [-0.05, 0) is 6.92 Å². The standard InChI is InChI=1S/C8H15NO6/c1-3-5(11)7(15-8(9)13)6(12)4(2-10)14-3/h3-7,10-12H,2H2,1H3,(H2,9,13)/t3-,4?,5?,6-,7?/m1/s1. The molecule has 7 heteroatoms. The first kappa shape index (κ1) is 12.2. The number of carbonyl (C=O) groups excluding carboxylic acids is 1. The average molecular weight is 221 g/mol. The molecule has 15 heavy (non-hydrogen) atoms. The Kier molecular flexibility index (Phi) is 3.86. The van der Waals surface area contributed by atoms with Crippen molar-refractivity contribution in [2.24, 2.45) is 5.73 Å². The summed E-state index contributed by atoms with van der Waals surface area (Å²) >= 11 is 0. The molecular weight excluding hydrogens is 206 g/mol. The van der Waals surface area contributed by atoms with Gasteiger partial charge >= 0.3 is 6.09 Å². The van der Waals surface area contributed by atoms with Crippen LogP contribution in [0.3, 0.4) is 0 Å². The van der Waals surface area contributed by atoms with E-state index >= 15 is 0 Å². The molecule has 0 spiro atoms. The van der Waals surface area contributed by atoms with Gasteiger partial charge in [0.2, 0.25) is 0 Å². The first-order valence-electron chi connectivity index (χ1n) is 4.56. The zero-order valence-electron chi connectivity index (χ0n) is 8.24. The molecule has 0 aromatic carbocycles. The van der Waals surface area contributed by atoms with Gasteiger partial charge in [-0.1, -0.05) is 0 Å². The molecule has 0 aliphatic carbocycles. The average Bonchev–Trinajstić information content (AvgIpc) is 2.18. The van der Waals surface area contributed by atoms with Crippen LogP contribution in [0.15, 0.2) is 0 Å². The second-order valence-corrected chi connectivity index (χ2v) is 3.44. The van der Waals surface area contributed by atoms with E-state index in [0.717, 1.165) is 0 Å². The van der Waals surface area contributed by atoms with Crippen LogP contribution in [0.5, 0.6) is 0 Å². The van der Waals surface area contributed by atoms with Crippen molar-refractivity contribution in [2.45, 2.75) is 37.4 Å². The number of rotatable bonds is 2. The lowest BCUT2D eigenvalue weighted by Gasteiger charge is -2.40. The molecule has 0 saturated carbocycles. The van der Waals surface area contributed by atoms with Crippen molar-refractivity contribution in [1.29, 1.82) is 0 Å². The highest BCUT2D eigenvalue weighted by Crippen LogP contribution is 2.23. The van der Waals surface area contributed by atoms with Crippen molar-refractivity contribution in [3.8, 4) is 0 Å². The van der Waals surface area contributed by atoms with Crippen LogP contribution in [-0.2, 0) is 9.47 Å². The summed E-state index contributed by atoms with van der Waals surface area (Å²) in [6, 6.07) is 0. The fourth-order valence-corrected chi connectivity index (χ4v) is 1.54. The van der Waals surface area contributed by atoms with Crippen molar-refractivity contribution in [3.05, 3.63) is 0 Å².